The first-order valence-corrected chi connectivity index (χ1v) is 10.1. The number of benzene rings is 2. The van der Waals surface area contributed by atoms with Crippen LogP contribution in [0.25, 0.3) is 0 Å². The largest absolute Gasteiger partial charge is 0.466 e. The molecule has 28 heavy (non-hydrogen) atoms. The molecule has 0 aromatic heterocycles. The highest BCUT2D eigenvalue weighted by Gasteiger charge is 2.40. The molecule has 0 saturated heterocycles. The van der Waals surface area contributed by atoms with Crippen molar-refractivity contribution in [3.8, 4) is 0 Å². The van der Waals surface area contributed by atoms with E-state index >= 15 is 0 Å². The highest BCUT2D eigenvalue weighted by Crippen LogP contribution is 2.41. The zero-order chi connectivity index (χ0) is 20.2. The van der Waals surface area contributed by atoms with E-state index in [1.165, 1.54) is 0 Å². The van der Waals surface area contributed by atoms with Gasteiger partial charge in [0.15, 0.2) is 0 Å². The van der Waals surface area contributed by atoms with Gasteiger partial charge in [-0.2, -0.15) is 0 Å². The number of hydrogen-bond acceptors (Lipinski definition) is 3. The minimum absolute atomic E-state index is 0.152. The number of carbonyl (C=O) groups excluding carboxylic acids is 1. The predicted octanol–water partition coefficient (Wildman–Crippen LogP) is 6.26. The Morgan fingerprint density at radius 3 is 2.29 bits per heavy atom. The molecule has 2 aromatic carbocycles. The van der Waals surface area contributed by atoms with Crippen LogP contribution in [0.5, 0.6) is 0 Å². The molecule has 150 valence electrons. The Labute approximate surface area is 169 Å². The summed E-state index contributed by atoms with van der Waals surface area (Å²) in [6.07, 6.45) is 4.42. The van der Waals surface area contributed by atoms with Crippen molar-refractivity contribution in [2.75, 3.05) is 6.61 Å². The van der Waals surface area contributed by atoms with Gasteiger partial charge in [-0.1, -0.05) is 80.1 Å². The van der Waals surface area contributed by atoms with Gasteiger partial charge in [0.2, 0.25) is 0 Å². The summed E-state index contributed by atoms with van der Waals surface area (Å²) in [5, 5.41) is 0. The molecule has 0 saturated carbocycles. The maximum Gasteiger partial charge on any atom is 0.312 e. The average molecular weight is 381 g/mol. The van der Waals surface area contributed by atoms with Crippen molar-refractivity contribution in [3.05, 3.63) is 84.4 Å². The minimum atomic E-state index is -0.621. The van der Waals surface area contributed by atoms with Crippen molar-refractivity contribution >= 4 is 5.97 Å². The van der Waals surface area contributed by atoms with Crippen LogP contribution in [0.3, 0.4) is 0 Å². The van der Waals surface area contributed by atoms with Crippen LogP contribution >= 0.6 is 0 Å². The van der Waals surface area contributed by atoms with Crippen molar-refractivity contribution in [2.45, 2.75) is 52.2 Å². The Morgan fingerprint density at radius 2 is 1.71 bits per heavy atom. The van der Waals surface area contributed by atoms with Crippen LogP contribution in [0, 0.1) is 5.41 Å². The molecule has 0 aliphatic carbocycles. The molecule has 0 fully saturated rings. The Morgan fingerprint density at radius 1 is 1.07 bits per heavy atom. The van der Waals surface area contributed by atoms with Crippen LogP contribution in [0.1, 0.15) is 56.8 Å². The third-order valence-corrected chi connectivity index (χ3v) is 5.01. The van der Waals surface area contributed by atoms with Crippen molar-refractivity contribution in [3.63, 3.8) is 0 Å². The number of allylic oxidation sites excluding steroid dienone is 1. The van der Waals surface area contributed by atoms with Gasteiger partial charge in [-0.3, -0.25) is 4.79 Å². The van der Waals surface area contributed by atoms with Crippen molar-refractivity contribution in [2.24, 2.45) is 5.41 Å². The molecule has 3 nitrogen and oxygen atoms in total. The second-order valence-electron chi connectivity index (χ2n) is 7.14. The average Bonchev–Trinajstić information content (AvgIpc) is 2.73. The van der Waals surface area contributed by atoms with Crippen LogP contribution in [-0.4, -0.2) is 12.6 Å². The van der Waals surface area contributed by atoms with Crippen LogP contribution in [0.2, 0.25) is 0 Å². The first-order chi connectivity index (χ1) is 13.6. The van der Waals surface area contributed by atoms with Gasteiger partial charge in [0.05, 0.1) is 24.7 Å². The SMILES string of the molecule is C=CC[C@@](CCC)(C[C@H](OCc1ccccc1)c1ccccc1)C(=O)OCC. The van der Waals surface area contributed by atoms with Crippen LogP contribution in [-0.2, 0) is 20.9 Å². The molecule has 0 aliphatic rings. The van der Waals surface area contributed by atoms with E-state index in [9.17, 15) is 4.79 Å². The number of carbonyl (C=O) groups is 1. The lowest BCUT2D eigenvalue weighted by molar-refractivity contribution is -0.159. The highest BCUT2D eigenvalue weighted by atomic mass is 16.5. The fourth-order valence-electron chi connectivity index (χ4n) is 3.66. The molecule has 0 aliphatic heterocycles. The zero-order valence-electron chi connectivity index (χ0n) is 17.1. The Hall–Kier alpha value is -2.39. The fraction of sp³-hybridized carbons (Fsp3) is 0.400. The summed E-state index contributed by atoms with van der Waals surface area (Å²) in [6, 6.07) is 20.2. The molecule has 0 N–H and O–H groups in total. The van der Waals surface area contributed by atoms with Gasteiger partial charge in [0.25, 0.3) is 0 Å². The Balaban J connectivity index is 2.30. The minimum Gasteiger partial charge on any atom is -0.466 e. The topological polar surface area (TPSA) is 35.5 Å². The van der Waals surface area contributed by atoms with Gasteiger partial charge in [-0.15, -0.1) is 6.58 Å². The lowest BCUT2D eigenvalue weighted by Crippen LogP contribution is -2.35. The summed E-state index contributed by atoms with van der Waals surface area (Å²) in [5.41, 5.74) is 1.57. The van der Waals surface area contributed by atoms with Crippen molar-refractivity contribution in [1.82, 2.24) is 0 Å². The zero-order valence-corrected chi connectivity index (χ0v) is 17.1. The number of rotatable bonds is 12. The predicted molar refractivity (Wildman–Crippen MR) is 114 cm³/mol. The van der Waals surface area contributed by atoms with Gasteiger partial charge >= 0.3 is 5.97 Å². The molecule has 0 radical (unpaired) electrons. The van der Waals surface area contributed by atoms with Gasteiger partial charge in [-0.25, -0.2) is 0 Å². The molecule has 3 heteroatoms. The molecule has 0 unspecified atom stereocenters. The molecule has 2 aromatic rings. The third-order valence-electron chi connectivity index (χ3n) is 5.01. The smallest absolute Gasteiger partial charge is 0.312 e. The second kappa shape index (κ2) is 11.5. The molecule has 0 spiro atoms. The van der Waals surface area contributed by atoms with E-state index < -0.39 is 5.41 Å². The van der Waals surface area contributed by atoms with Gasteiger partial charge in [-0.05, 0) is 37.3 Å². The van der Waals surface area contributed by atoms with E-state index in [2.05, 4.69) is 37.8 Å². The third kappa shape index (κ3) is 6.07. The van der Waals surface area contributed by atoms with Crippen LogP contribution < -0.4 is 0 Å². The molecule has 0 bridgehead atoms. The van der Waals surface area contributed by atoms with Crippen LogP contribution in [0.15, 0.2) is 73.3 Å². The summed E-state index contributed by atoms with van der Waals surface area (Å²) in [4.78, 5) is 13.0. The number of ether oxygens (including phenoxy) is 2. The maximum absolute atomic E-state index is 13.0. The van der Waals surface area contributed by atoms with Gasteiger partial charge in [0, 0.05) is 0 Å². The maximum atomic E-state index is 13.0. The first-order valence-electron chi connectivity index (χ1n) is 10.1. The summed E-state index contributed by atoms with van der Waals surface area (Å²) in [5.74, 6) is -0.152. The summed E-state index contributed by atoms with van der Waals surface area (Å²) < 4.78 is 11.8. The van der Waals surface area contributed by atoms with Crippen molar-refractivity contribution in [1.29, 1.82) is 0 Å². The standard InChI is InChI=1S/C25H32O3/c1-4-17-25(18-5-2,24(26)27-6-3)19-23(22-15-11-8-12-16-22)28-20-21-13-9-7-10-14-21/h4,7-16,23H,1,5-6,17-20H2,2-3H3/t23-,25+/m0/s1. The summed E-state index contributed by atoms with van der Waals surface area (Å²) in [7, 11) is 0. The molecule has 2 atom stereocenters. The number of hydrogen-bond donors (Lipinski definition) is 0. The lowest BCUT2D eigenvalue weighted by Gasteiger charge is -2.34. The van der Waals surface area contributed by atoms with E-state index in [1.807, 2.05) is 49.4 Å². The summed E-state index contributed by atoms with van der Waals surface area (Å²) >= 11 is 0. The Kier molecular flexibility index (Phi) is 8.96. The van der Waals surface area contributed by atoms with E-state index in [1.54, 1.807) is 0 Å². The fourth-order valence-corrected chi connectivity index (χ4v) is 3.66. The first kappa shape index (κ1) is 21.9. The van der Waals surface area contributed by atoms with E-state index in [0.29, 0.717) is 26.1 Å². The van der Waals surface area contributed by atoms with E-state index in [-0.39, 0.29) is 12.1 Å². The quantitative estimate of drug-likeness (QED) is 0.322. The monoisotopic (exact) mass is 380 g/mol. The van der Waals surface area contributed by atoms with Crippen LogP contribution in [0.4, 0.5) is 0 Å². The molecular formula is C25H32O3. The van der Waals surface area contributed by atoms with E-state index in [0.717, 1.165) is 24.0 Å². The number of esters is 1. The molecule has 0 heterocycles. The molecular weight excluding hydrogens is 348 g/mol. The molecule has 0 amide bonds. The van der Waals surface area contributed by atoms with Gasteiger partial charge in [0.1, 0.15) is 0 Å². The summed E-state index contributed by atoms with van der Waals surface area (Å²) in [6.45, 7) is 8.72. The van der Waals surface area contributed by atoms with E-state index in [4.69, 9.17) is 9.47 Å². The van der Waals surface area contributed by atoms with Crippen molar-refractivity contribution < 1.29 is 14.3 Å². The lowest BCUT2D eigenvalue weighted by atomic mass is 9.74. The second-order valence-corrected chi connectivity index (χ2v) is 7.14. The highest BCUT2D eigenvalue weighted by molar-refractivity contribution is 5.77. The molecule has 2 rings (SSSR count). The Bertz CT molecular complexity index is 711. The van der Waals surface area contributed by atoms with Gasteiger partial charge < -0.3 is 9.47 Å². The normalized spacial score (nSPS) is 14.1.